The first kappa shape index (κ1) is 16.3. The second kappa shape index (κ2) is 6.53. The van der Waals surface area contributed by atoms with Crippen LogP contribution in [0.1, 0.15) is 24.8 Å². The molecule has 1 aromatic carbocycles. The fourth-order valence-corrected chi connectivity index (χ4v) is 3.66. The lowest BCUT2D eigenvalue weighted by molar-refractivity contribution is -0.134. The first-order valence-corrected chi connectivity index (χ1v) is 8.17. The summed E-state index contributed by atoms with van der Waals surface area (Å²) in [6, 6.07) is 4.04. The SMILES string of the molecule is CN1CCCNC(=O)C12CCN(Cc1ccc(F)c(F)c1)CC2. The van der Waals surface area contributed by atoms with Crippen LogP contribution in [0.15, 0.2) is 18.2 Å². The third kappa shape index (κ3) is 3.23. The Bertz CT molecular complexity index is 585. The molecule has 1 amide bonds. The van der Waals surface area contributed by atoms with Crippen LogP contribution < -0.4 is 5.32 Å². The monoisotopic (exact) mass is 323 g/mol. The summed E-state index contributed by atoms with van der Waals surface area (Å²) < 4.78 is 26.3. The molecule has 2 aliphatic heterocycles. The van der Waals surface area contributed by atoms with Crippen LogP contribution in [0.3, 0.4) is 0 Å². The van der Waals surface area contributed by atoms with E-state index in [0.29, 0.717) is 6.54 Å². The zero-order chi connectivity index (χ0) is 16.4. The number of likely N-dealkylation sites (N-methyl/N-ethyl adjacent to an activating group) is 1. The number of likely N-dealkylation sites (tertiary alicyclic amines) is 1. The van der Waals surface area contributed by atoms with Gasteiger partial charge in [-0.1, -0.05) is 6.07 Å². The highest BCUT2D eigenvalue weighted by atomic mass is 19.2. The Hall–Kier alpha value is -1.53. The van der Waals surface area contributed by atoms with Crippen LogP contribution in [0.4, 0.5) is 8.78 Å². The maximum absolute atomic E-state index is 13.3. The van der Waals surface area contributed by atoms with Crippen molar-refractivity contribution in [2.75, 3.05) is 33.2 Å². The van der Waals surface area contributed by atoms with Crippen molar-refractivity contribution in [1.29, 1.82) is 0 Å². The normalized spacial score (nSPS) is 22.8. The molecule has 0 unspecified atom stereocenters. The Kier molecular flexibility index (Phi) is 4.64. The van der Waals surface area contributed by atoms with Gasteiger partial charge in [0.25, 0.3) is 0 Å². The maximum Gasteiger partial charge on any atom is 0.240 e. The zero-order valence-corrected chi connectivity index (χ0v) is 13.4. The lowest BCUT2D eigenvalue weighted by Crippen LogP contribution is -2.60. The van der Waals surface area contributed by atoms with E-state index in [0.717, 1.165) is 51.0 Å². The predicted molar refractivity (Wildman–Crippen MR) is 83.9 cm³/mol. The van der Waals surface area contributed by atoms with E-state index in [1.807, 2.05) is 7.05 Å². The van der Waals surface area contributed by atoms with Crippen LogP contribution in [-0.4, -0.2) is 54.5 Å². The fourth-order valence-electron chi connectivity index (χ4n) is 3.66. The molecule has 4 nitrogen and oxygen atoms in total. The number of hydrogen-bond acceptors (Lipinski definition) is 3. The number of carbonyl (C=O) groups excluding carboxylic acids is 1. The summed E-state index contributed by atoms with van der Waals surface area (Å²) in [4.78, 5) is 16.9. The molecule has 2 saturated heterocycles. The predicted octanol–water partition coefficient (Wildman–Crippen LogP) is 1.75. The van der Waals surface area contributed by atoms with E-state index < -0.39 is 17.2 Å². The summed E-state index contributed by atoms with van der Waals surface area (Å²) in [6.07, 6.45) is 2.50. The van der Waals surface area contributed by atoms with Gasteiger partial charge in [-0.05, 0) is 44.0 Å². The number of halogens is 2. The Morgan fingerprint density at radius 3 is 2.61 bits per heavy atom. The second-order valence-electron chi connectivity index (χ2n) is 6.59. The Balaban J connectivity index is 1.65. The molecule has 3 rings (SSSR count). The summed E-state index contributed by atoms with van der Waals surface area (Å²) in [5, 5.41) is 3.02. The van der Waals surface area contributed by atoms with Gasteiger partial charge in [0.15, 0.2) is 11.6 Å². The van der Waals surface area contributed by atoms with Gasteiger partial charge < -0.3 is 5.32 Å². The zero-order valence-electron chi connectivity index (χ0n) is 13.4. The third-order valence-electron chi connectivity index (χ3n) is 5.18. The number of rotatable bonds is 2. The van der Waals surface area contributed by atoms with E-state index in [4.69, 9.17) is 0 Å². The highest BCUT2D eigenvalue weighted by molar-refractivity contribution is 5.86. The standard InChI is InChI=1S/C17H23F2N3O/c1-21-8-2-7-20-16(23)17(21)5-9-22(10-6-17)12-13-3-4-14(18)15(19)11-13/h3-4,11H,2,5-10,12H2,1H3,(H,20,23). The number of piperidine rings is 1. The van der Waals surface area contributed by atoms with Crippen LogP contribution in [0.25, 0.3) is 0 Å². The molecule has 0 radical (unpaired) electrons. The van der Waals surface area contributed by atoms with Crippen molar-refractivity contribution < 1.29 is 13.6 Å². The Labute approximate surface area is 135 Å². The molecular formula is C17H23F2N3O. The molecule has 1 N–H and O–H groups in total. The van der Waals surface area contributed by atoms with Gasteiger partial charge >= 0.3 is 0 Å². The first-order chi connectivity index (χ1) is 11.0. The topological polar surface area (TPSA) is 35.6 Å². The minimum absolute atomic E-state index is 0.130. The van der Waals surface area contributed by atoms with Crippen molar-refractivity contribution in [2.45, 2.75) is 31.3 Å². The van der Waals surface area contributed by atoms with Crippen molar-refractivity contribution in [3.63, 3.8) is 0 Å². The maximum atomic E-state index is 13.3. The van der Waals surface area contributed by atoms with E-state index in [9.17, 15) is 13.6 Å². The first-order valence-electron chi connectivity index (χ1n) is 8.17. The molecule has 2 fully saturated rings. The molecule has 0 aliphatic carbocycles. The number of amides is 1. The lowest BCUT2D eigenvalue weighted by Gasteiger charge is -2.45. The van der Waals surface area contributed by atoms with Crippen LogP contribution in [0.5, 0.6) is 0 Å². The molecule has 1 spiro atoms. The molecule has 23 heavy (non-hydrogen) atoms. The molecular weight excluding hydrogens is 300 g/mol. The smallest absolute Gasteiger partial charge is 0.240 e. The van der Waals surface area contributed by atoms with Gasteiger partial charge in [0.2, 0.25) is 5.91 Å². The lowest BCUT2D eigenvalue weighted by atomic mass is 9.85. The summed E-state index contributed by atoms with van der Waals surface area (Å²) in [7, 11) is 2.02. The number of nitrogens with one attached hydrogen (secondary N) is 1. The third-order valence-corrected chi connectivity index (χ3v) is 5.18. The largest absolute Gasteiger partial charge is 0.354 e. The van der Waals surface area contributed by atoms with E-state index in [-0.39, 0.29) is 5.91 Å². The number of nitrogens with zero attached hydrogens (tertiary/aromatic N) is 2. The van der Waals surface area contributed by atoms with Gasteiger partial charge in [-0.3, -0.25) is 14.6 Å². The highest BCUT2D eigenvalue weighted by Gasteiger charge is 2.45. The van der Waals surface area contributed by atoms with E-state index in [2.05, 4.69) is 15.1 Å². The molecule has 2 aliphatic rings. The number of hydrogen-bond donors (Lipinski definition) is 1. The van der Waals surface area contributed by atoms with Crippen LogP contribution in [0, 0.1) is 11.6 Å². The van der Waals surface area contributed by atoms with Crippen molar-refractivity contribution in [1.82, 2.24) is 15.1 Å². The molecule has 1 aromatic rings. The molecule has 2 heterocycles. The number of carbonyl (C=O) groups is 1. The summed E-state index contributed by atoms with van der Waals surface area (Å²) in [5.41, 5.74) is 0.347. The van der Waals surface area contributed by atoms with Gasteiger partial charge in [0, 0.05) is 32.7 Å². The second-order valence-corrected chi connectivity index (χ2v) is 6.59. The van der Waals surface area contributed by atoms with Gasteiger partial charge in [0.1, 0.15) is 5.54 Å². The molecule has 126 valence electrons. The van der Waals surface area contributed by atoms with E-state index in [1.54, 1.807) is 6.07 Å². The fraction of sp³-hybridized carbons (Fsp3) is 0.588. The Morgan fingerprint density at radius 2 is 1.91 bits per heavy atom. The summed E-state index contributed by atoms with van der Waals surface area (Å²) >= 11 is 0. The van der Waals surface area contributed by atoms with Gasteiger partial charge in [-0.2, -0.15) is 0 Å². The minimum atomic E-state index is -0.817. The highest BCUT2D eigenvalue weighted by Crippen LogP contribution is 2.30. The average molecular weight is 323 g/mol. The minimum Gasteiger partial charge on any atom is -0.354 e. The van der Waals surface area contributed by atoms with E-state index >= 15 is 0 Å². The van der Waals surface area contributed by atoms with Crippen LogP contribution >= 0.6 is 0 Å². The molecule has 0 saturated carbocycles. The molecule has 0 bridgehead atoms. The molecule has 0 aromatic heterocycles. The van der Waals surface area contributed by atoms with Crippen molar-refractivity contribution in [2.24, 2.45) is 0 Å². The molecule has 6 heteroatoms. The van der Waals surface area contributed by atoms with Crippen LogP contribution in [-0.2, 0) is 11.3 Å². The average Bonchev–Trinajstić information content (AvgIpc) is 2.67. The van der Waals surface area contributed by atoms with E-state index in [1.165, 1.54) is 12.1 Å². The van der Waals surface area contributed by atoms with Crippen molar-refractivity contribution in [3.05, 3.63) is 35.4 Å². The van der Waals surface area contributed by atoms with Crippen molar-refractivity contribution in [3.8, 4) is 0 Å². The summed E-state index contributed by atoms with van der Waals surface area (Å²) in [5.74, 6) is -1.49. The molecule has 0 atom stereocenters. The quantitative estimate of drug-likeness (QED) is 0.901. The van der Waals surface area contributed by atoms with Crippen molar-refractivity contribution >= 4 is 5.91 Å². The Morgan fingerprint density at radius 1 is 1.17 bits per heavy atom. The van der Waals surface area contributed by atoms with Crippen LogP contribution in [0.2, 0.25) is 0 Å². The number of benzene rings is 1. The van der Waals surface area contributed by atoms with Gasteiger partial charge in [0.05, 0.1) is 0 Å². The summed E-state index contributed by atoms with van der Waals surface area (Å²) in [6.45, 7) is 3.79. The van der Waals surface area contributed by atoms with Gasteiger partial charge in [-0.15, -0.1) is 0 Å². The van der Waals surface area contributed by atoms with Gasteiger partial charge in [-0.25, -0.2) is 8.78 Å².